The van der Waals surface area contributed by atoms with Crippen LogP contribution >= 0.6 is 0 Å². The van der Waals surface area contributed by atoms with Gasteiger partial charge in [-0.15, -0.1) is 0 Å². The summed E-state index contributed by atoms with van der Waals surface area (Å²) in [6.07, 6.45) is 3.10. The fourth-order valence-electron chi connectivity index (χ4n) is 4.29. The van der Waals surface area contributed by atoms with Crippen LogP contribution in [-0.4, -0.2) is 73.2 Å². The van der Waals surface area contributed by atoms with Crippen LogP contribution in [0.3, 0.4) is 0 Å². The molecule has 1 aromatic carbocycles. The zero-order valence-electron chi connectivity index (χ0n) is 17.7. The summed E-state index contributed by atoms with van der Waals surface area (Å²) in [5.74, 6) is -0.350. The maximum atomic E-state index is 13.0. The molecule has 2 rings (SSSR count). The number of nitrogens with one attached hydrogen (secondary N) is 2. The van der Waals surface area contributed by atoms with Gasteiger partial charge in [0.05, 0.1) is 12.6 Å². The lowest BCUT2D eigenvalue weighted by Gasteiger charge is -2.47. The van der Waals surface area contributed by atoms with E-state index in [2.05, 4.69) is 17.6 Å². The number of nitrogens with zero attached hydrogens (tertiary/aromatic N) is 2. The molecule has 0 aliphatic carbocycles. The summed E-state index contributed by atoms with van der Waals surface area (Å²) in [4.78, 5) is 40.1. The van der Waals surface area contributed by atoms with E-state index < -0.39 is 0 Å². The number of carbonyl (C=O) groups excluding carboxylic acids is 3. The second kappa shape index (κ2) is 10.4. The number of quaternary nitrogens is 1. The van der Waals surface area contributed by atoms with E-state index in [0.717, 1.165) is 18.4 Å². The van der Waals surface area contributed by atoms with Gasteiger partial charge in [0.25, 0.3) is 0 Å². The van der Waals surface area contributed by atoms with Crippen LogP contribution in [0.5, 0.6) is 0 Å². The first-order chi connectivity index (χ1) is 13.9. The molecule has 0 aromatic heterocycles. The number of urea groups is 2. The highest BCUT2D eigenvalue weighted by atomic mass is 16.2. The van der Waals surface area contributed by atoms with Crippen LogP contribution in [0.2, 0.25) is 0 Å². The van der Waals surface area contributed by atoms with Crippen LogP contribution < -0.4 is 16.4 Å². The van der Waals surface area contributed by atoms with Crippen molar-refractivity contribution in [3.05, 3.63) is 35.9 Å². The SMILES string of the molecule is CCCCC(C(N)=O)N1CC[N+](C(=O)NC)(C(=O)NC)[C@H](Cc2ccccc2)C1. The molecular weight excluding hydrogens is 370 g/mol. The second-order valence-electron chi connectivity index (χ2n) is 7.60. The highest BCUT2D eigenvalue weighted by Gasteiger charge is 2.54. The molecule has 1 unspecified atom stereocenters. The quantitative estimate of drug-likeness (QED) is 0.598. The Morgan fingerprint density at radius 2 is 1.79 bits per heavy atom. The molecule has 4 N–H and O–H groups in total. The number of amides is 5. The molecule has 8 nitrogen and oxygen atoms in total. The average Bonchev–Trinajstić information content (AvgIpc) is 2.73. The van der Waals surface area contributed by atoms with Crippen LogP contribution in [0, 0.1) is 0 Å². The maximum absolute atomic E-state index is 13.0. The standard InChI is InChI=1S/C21H33N5O3/c1-4-5-11-18(19(22)27)25-12-13-26(20(28)23-2,21(29)24-3)17(15-25)14-16-9-7-6-8-10-16/h6-10,17-18H,4-5,11-15H2,1-3H3,(H3-,22,23,24,27,28,29)/p+1/t17-,18?/m1/s1. The first-order valence-electron chi connectivity index (χ1n) is 10.3. The van der Waals surface area contributed by atoms with Gasteiger partial charge < -0.3 is 16.4 Å². The van der Waals surface area contributed by atoms with Gasteiger partial charge in [-0.1, -0.05) is 50.1 Å². The van der Waals surface area contributed by atoms with Gasteiger partial charge >= 0.3 is 12.1 Å². The molecule has 1 aliphatic rings. The number of hydrogen-bond donors (Lipinski definition) is 3. The van der Waals surface area contributed by atoms with Crippen molar-refractivity contribution in [1.29, 1.82) is 0 Å². The Morgan fingerprint density at radius 1 is 1.17 bits per heavy atom. The van der Waals surface area contributed by atoms with Crippen molar-refractivity contribution in [2.75, 3.05) is 33.7 Å². The van der Waals surface area contributed by atoms with Gasteiger partial charge in [-0.3, -0.25) is 9.69 Å². The van der Waals surface area contributed by atoms with Crippen molar-refractivity contribution < 1.29 is 18.9 Å². The Kier molecular flexibility index (Phi) is 8.16. The van der Waals surface area contributed by atoms with Gasteiger partial charge in [-0.05, 0) is 12.0 Å². The van der Waals surface area contributed by atoms with E-state index in [1.54, 1.807) is 14.1 Å². The summed E-state index contributed by atoms with van der Waals surface area (Å²) in [6, 6.07) is 8.40. The van der Waals surface area contributed by atoms with Gasteiger partial charge in [0, 0.05) is 27.1 Å². The van der Waals surface area contributed by atoms with Gasteiger partial charge in [0.2, 0.25) is 5.91 Å². The third-order valence-electron chi connectivity index (χ3n) is 5.88. The van der Waals surface area contributed by atoms with Crippen LogP contribution in [0.4, 0.5) is 9.59 Å². The van der Waals surface area contributed by atoms with Crippen LogP contribution in [0.25, 0.3) is 0 Å². The van der Waals surface area contributed by atoms with Gasteiger partial charge in [0.15, 0.2) is 0 Å². The molecule has 160 valence electrons. The average molecular weight is 405 g/mol. The van der Waals surface area contributed by atoms with Crippen LogP contribution in [-0.2, 0) is 11.2 Å². The number of unbranched alkanes of at least 4 members (excludes halogenated alkanes) is 1. The molecule has 5 amide bonds. The Bertz CT molecular complexity index is 694. The molecule has 2 atom stereocenters. The third-order valence-corrected chi connectivity index (χ3v) is 5.88. The first-order valence-corrected chi connectivity index (χ1v) is 10.3. The highest BCUT2D eigenvalue weighted by Crippen LogP contribution is 2.27. The predicted octanol–water partition coefficient (Wildman–Crippen LogP) is 1.45. The summed E-state index contributed by atoms with van der Waals surface area (Å²) in [5.41, 5.74) is 6.74. The Hall–Kier alpha value is -2.45. The molecule has 1 heterocycles. The van der Waals surface area contributed by atoms with Crippen molar-refractivity contribution in [2.45, 2.75) is 44.7 Å². The number of hydrogen-bond acceptors (Lipinski definition) is 4. The smallest absolute Gasteiger partial charge is 0.368 e. The number of nitrogens with two attached hydrogens (primary N) is 1. The van der Waals surface area contributed by atoms with E-state index >= 15 is 0 Å². The largest absolute Gasteiger partial charge is 0.425 e. The van der Waals surface area contributed by atoms with Crippen molar-refractivity contribution in [3.8, 4) is 0 Å². The van der Waals surface area contributed by atoms with E-state index in [0.29, 0.717) is 25.9 Å². The van der Waals surface area contributed by atoms with Crippen molar-refractivity contribution in [1.82, 2.24) is 15.5 Å². The zero-order chi connectivity index (χ0) is 21.4. The lowest BCUT2D eigenvalue weighted by atomic mass is 9.97. The number of primary amides is 1. The fourth-order valence-corrected chi connectivity index (χ4v) is 4.29. The summed E-state index contributed by atoms with van der Waals surface area (Å²) in [7, 11) is 3.09. The number of rotatable bonds is 7. The summed E-state index contributed by atoms with van der Waals surface area (Å²) in [5, 5.41) is 5.34. The van der Waals surface area contributed by atoms with Gasteiger partial charge in [-0.25, -0.2) is 9.59 Å². The first kappa shape index (κ1) is 22.8. The molecule has 1 fully saturated rings. The van der Waals surface area contributed by atoms with E-state index in [-0.39, 0.29) is 41.1 Å². The molecule has 29 heavy (non-hydrogen) atoms. The summed E-state index contributed by atoms with van der Waals surface area (Å²) in [6.45, 7) is 3.24. The van der Waals surface area contributed by atoms with E-state index in [1.807, 2.05) is 35.2 Å². The highest BCUT2D eigenvalue weighted by molar-refractivity contribution is 5.83. The molecule has 1 aromatic rings. The minimum absolute atomic E-state index is 0.284. The third kappa shape index (κ3) is 4.94. The molecule has 1 aliphatic heterocycles. The number of benzene rings is 1. The molecule has 1 saturated heterocycles. The molecule has 8 heteroatoms. The summed E-state index contributed by atoms with van der Waals surface area (Å²) < 4.78 is -0.336. The van der Waals surface area contributed by atoms with E-state index in [1.165, 1.54) is 0 Å². The number of carbonyl (C=O) groups is 3. The lowest BCUT2D eigenvalue weighted by molar-refractivity contribution is -0.803. The molecule has 0 saturated carbocycles. The second-order valence-corrected chi connectivity index (χ2v) is 7.60. The minimum atomic E-state index is -0.384. The van der Waals surface area contributed by atoms with Gasteiger partial charge in [0.1, 0.15) is 12.6 Å². The van der Waals surface area contributed by atoms with Crippen LogP contribution in [0.1, 0.15) is 31.7 Å². The van der Waals surface area contributed by atoms with E-state index in [4.69, 9.17) is 5.73 Å². The molecule has 0 spiro atoms. The van der Waals surface area contributed by atoms with Crippen molar-refractivity contribution >= 4 is 18.0 Å². The zero-order valence-corrected chi connectivity index (χ0v) is 17.7. The maximum Gasteiger partial charge on any atom is 0.425 e. The van der Waals surface area contributed by atoms with E-state index in [9.17, 15) is 14.4 Å². The summed E-state index contributed by atoms with van der Waals surface area (Å²) >= 11 is 0. The lowest BCUT2D eigenvalue weighted by Crippen LogP contribution is -2.75. The minimum Gasteiger partial charge on any atom is -0.368 e. The Morgan fingerprint density at radius 3 is 2.31 bits per heavy atom. The van der Waals surface area contributed by atoms with Crippen molar-refractivity contribution in [2.24, 2.45) is 5.73 Å². The number of piperazine rings is 1. The molecule has 0 radical (unpaired) electrons. The topological polar surface area (TPSA) is 105 Å². The molecule has 0 bridgehead atoms. The van der Waals surface area contributed by atoms with Gasteiger partial charge in [-0.2, -0.15) is 4.48 Å². The Labute approximate surface area is 173 Å². The Balaban J connectivity index is 2.40. The van der Waals surface area contributed by atoms with Crippen LogP contribution in [0.15, 0.2) is 30.3 Å². The number of imide groups is 1. The fraction of sp³-hybridized carbons (Fsp3) is 0.571. The predicted molar refractivity (Wildman–Crippen MR) is 112 cm³/mol. The molecular formula is C21H34N5O3+. The van der Waals surface area contributed by atoms with Crippen molar-refractivity contribution in [3.63, 3.8) is 0 Å². The monoisotopic (exact) mass is 404 g/mol. The normalized spacial score (nSPS) is 19.9.